The van der Waals surface area contributed by atoms with Gasteiger partial charge >= 0.3 is 5.97 Å². The van der Waals surface area contributed by atoms with Crippen LogP contribution in [0.3, 0.4) is 0 Å². The summed E-state index contributed by atoms with van der Waals surface area (Å²) in [6, 6.07) is 6.04. The summed E-state index contributed by atoms with van der Waals surface area (Å²) in [5.74, 6) is -1.29. The molecule has 2 amide bonds. The van der Waals surface area contributed by atoms with Gasteiger partial charge in [-0.25, -0.2) is 4.79 Å². The van der Waals surface area contributed by atoms with E-state index in [1.165, 1.54) is 0 Å². The number of hydrogen-bond acceptors (Lipinski definition) is 4. The Kier molecular flexibility index (Phi) is 6.99. The zero-order valence-corrected chi connectivity index (χ0v) is 16.0. The van der Waals surface area contributed by atoms with Gasteiger partial charge in [-0.05, 0) is 43.0 Å². The standard InChI is InChI=1S/C18H23BrN2O4/c1-12(2)16(20-17(23)13-5-7-14(19)8-6-13)18(24)25-11-15(22)21-9-3-4-10-21/h5-8,12,16H,3-4,9-11H2,1-2H3,(H,20,23)/t16-/m0/s1. The molecule has 0 radical (unpaired) electrons. The van der Waals surface area contributed by atoms with E-state index in [1.807, 2.05) is 13.8 Å². The lowest BCUT2D eigenvalue weighted by Crippen LogP contribution is -2.46. The van der Waals surface area contributed by atoms with Crippen LogP contribution in [0.25, 0.3) is 0 Å². The first-order valence-electron chi connectivity index (χ1n) is 8.39. The molecule has 0 saturated carbocycles. The maximum Gasteiger partial charge on any atom is 0.329 e. The van der Waals surface area contributed by atoms with Gasteiger partial charge in [0.2, 0.25) is 0 Å². The molecule has 0 bridgehead atoms. The average molecular weight is 411 g/mol. The predicted molar refractivity (Wildman–Crippen MR) is 97.0 cm³/mol. The SMILES string of the molecule is CC(C)[C@H](NC(=O)c1ccc(Br)cc1)C(=O)OCC(=O)N1CCCC1. The Hall–Kier alpha value is -1.89. The van der Waals surface area contributed by atoms with E-state index in [1.54, 1.807) is 29.2 Å². The maximum absolute atomic E-state index is 12.3. The number of likely N-dealkylation sites (tertiary alicyclic amines) is 1. The van der Waals surface area contributed by atoms with Crippen LogP contribution in [0, 0.1) is 5.92 Å². The van der Waals surface area contributed by atoms with Gasteiger partial charge in [-0.3, -0.25) is 9.59 Å². The molecule has 1 aromatic carbocycles. The van der Waals surface area contributed by atoms with Crippen molar-refractivity contribution in [3.63, 3.8) is 0 Å². The number of rotatable bonds is 6. The topological polar surface area (TPSA) is 75.7 Å². The Balaban J connectivity index is 1.92. The number of amides is 2. The molecule has 0 unspecified atom stereocenters. The van der Waals surface area contributed by atoms with Gasteiger partial charge in [0, 0.05) is 23.1 Å². The molecule has 1 fully saturated rings. The summed E-state index contributed by atoms with van der Waals surface area (Å²) < 4.78 is 6.01. The third-order valence-electron chi connectivity index (χ3n) is 4.11. The number of nitrogens with one attached hydrogen (secondary N) is 1. The zero-order chi connectivity index (χ0) is 18.4. The quantitative estimate of drug-likeness (QED) is 0.730. The van der Waals surface area contributed by atoms with Crippen LogP contribution in [-0.2, 0) is 14.3 Å². The summed E-state index contributed by atoms with van der Waals surface area (Å²) in [6.07, 6.45) is 1.97. The molecule has 1 aliphatic rings. The summed E-state index contributed by atoms with van der Waals surface area (Å²) in [5, 5.41) is 2.69. The Morgan fingerprint density at radius 3 is 2.32 bits per heavy atom. The van der Waals surface area contributed by atoms with Crippen molar-refractivity contribution in [2.75, 3.05) is 19.7 Å². The highest BCUT2D eigenvalue weighted by molar-refractivity contribution is 9.10. The molecular weight excluding hydrogens is 388 g/mol. The molecular formula is C18H23BrN2O4. The van der Waals surface area contributed by atoms with Crippen LogP contribution < -0.4 is 5.32 Å². The summed E-state index contributed by atoms with van der Waals surface area (Å²) in [5.41, 5.74) is 0.454. The second-order valence-electron chi connectivity index (χ2n) is 6.40. The molecule has 1 heterocycles. The number of ether oxygens (including phenoxy) is 1. The van der Waals surface area contributed by atoms with Crippen LogP contribution in [0.1, 0.15) is 37.0 Å². The molecule has 6 nitrogen and oxygen atoms in total. The van der Waals surface area contributed by atoms with E-state index in [-0.39, 0.29) is 24.3 Å². The first-order chi connectivity index (χ1) is 11.9. The monoisotopic (exact) mass is 410 g/mol. The first-order valence-corrected chi connectivity index (χ1v) is 9.18. The second kappa shape index (κ2) is 8.99. The van der Waals surface area contributed by atoms with Crippen molar-refractivity contribution in [3.8, 4) is 0 Å². The lowest BCUT2D eigenvalue weighted by atomic mass is 10.0. The molecule has 2 rings (SSSR count). The highest BCUT2D eigenvalue weighted by atomic mass is 79.9. The van der Waals surface area contributed by atoms with Gasteiger partial charge in [-0.1, -0.05) is 29.8 Å². The minimum Gasteiger partial charge on any atom is -0.454 e. The van der Waals surface area contributed by atoms with E-state index in [0.717, 1.165) is 17.3 Å². The van der Waals surface area contributed by atoms with Crippen LogP contribution in [0.15, 0.2) is 28.7 Å². The molecule has 136 valence electrons. The van der Waals surface area contributed by atoms with Crippen LogP contribution in [-0.4, -0.2) is 48.4 Å². The third-order valence-corrected chi connectivity index (χ3v) is 4.64. The Morgan fingerprint density at radius 1 is 1.16 bits per heavy atom. The van der Waals surface area contributed by atoms with E-state index < -0.39 is 12.0 Å². The number of carbonyl (C=O) groups is 3. The Morgan fingerprint density at radius 2 is 1.76 bits per heavy atom. The average Bonchev–Trinajstić information content (AvgIpc) is 3.12. The number of benzene rings is 1. The zero-order valence-electron chi connectivity index (χ0n) is 14.5. The van der Waals surface area contributed by atoms with E-state index >= 15 is 0 Å². The number of esters is 1. The molecule has 1 saturated heterocycles. The lowest BCUT2D eigenvalue weighted by molar-refractivity contribution is -0.154. The van der Waals surface area contributed by atoms with Crippen LogP contribution >= 0.6 is 15.9 Å². The molecule has 0 spiro atoms. The van der Waals surface area contributed by atoms with Gasteiger partial charge < -0.3 is 15.0 Å². The van der Waals surface area contributed by atoms with Gasteiger partial charge in [-0.2, -0.15) is 0 Å². The maximum atomic E-state index is 12.3. The largest absolute Gasteiger partial charge is 0.454 e. The van der Waals surface area contributed by atoms with Crippen LogP contribution in [0.4, 0.5) is 0 Å². The molecule has 1 aromatic rings. The molecule has 1 N–H and O–H groups in total. The van der Waals surface area contributed by atoms with E-state index in [2.05, 4.69) is 21.2 Å². The molecule has 25 heavy (non-hydrogen) atoms. The van der Waals surface area contributed by atoms with Crippen molar-refractivity contribution in [1.82, 2.24) is 10.2 Å². The minimum atomic E-state index is -0.803. The molecule has 1 atom stereocenters. The van der Waals surface area contributed by atoms with Gasteiger partial charge in [0.1, 0.15) is 6.04 Å². The van der Waals surface area contributed by atoms with Gasteiger partial charge in [0.05, 0.1) is 0 Å². The number of nitrogens with zero attached hydrogens (tertiary/aromatic N) is 1. The lowest BCUT2D eigenvalue weighted by Gasteiger charge is -2.22. The van der Waals surface area contributed by atoms with Crippen LogP contribution in [0.5, 0.6) is 0 Å². The van der Waals surface area contributed by atoms with Crippen molar-refractivity contribution in [1.29, 1.82) is 0 Å². The van der Waals surface area contributed by atoms with Gasteiger partial charge in [-0.15, -0.1) is 0 Å². The third kappa shape index (κ3) is 5.56. The van der Waals surface area contributed by atoms with Gasteiger partial charge in [0.25, 0.3) is 11.8 Å². The van der Waals surface area contributed by atoms with Crippen molar-refractivity contribution in [2.45, 2.75) is 32.7 Å². The number of hydrogen-bond donors (Lipinski definition) is 1. The summed E-state index contributed by atoms with van der Waals surface area (Å²) >= 11 is 3.31. The highest BCUT2D eigenvalue weighted by Gasteiger charge is 2.27. The van der Waals surface area contributed by atoms with Crippen molar-refractivity contribution in [2.24, 2.45) is 5.92 Å². The number of carbonyl (C=O) groups excluding carboxylic acids is 3. The van der Waals surface area contributed by atoms with E-state index in [4.69, 9.17) is 4.74 Å². The normalized spacial score (nSPS) is 15.1. The summed E-state index contributed by atoms with van der Waals surface area (Å²) in [6.45, 7) is 4.77. The minimum absolute atomic E-state index is 0.159. The van der Waals surface area contributed by atoms with Crippen molar-refractivity contribution < 1.29 is 19.1 Å². The fraction of sp³-hybridized carbons (Fsp3) is 0.500. The van der Waals surface area contributed by atoms with Crippen molar-refractivity contribution >= 4 is 33.7 Å². The molecule has 0 aliphatic carbocycles. The second-order valence-corrected chi connectivity index (χ2v) is 7.31. The molecule has 7 heteroatoms. The van der Waals surface area contributed by atoms with Crippen LogP contribution in [0.2, 0.25) is 0 Å². The first kappa shape index (κ1) is 19.4. The predicted octanol–water partition coefficient (Wildman–Crippen LogP) is 2.37. The fourth-order valence-electron chi connectivity index (χ4n) is 2.60. The smallest absolute Gasteiger partial charge is 0.329 e. The molecule has 1 aliphatic heterocycles. The van der Waals surface area contributed by atoms with E-state index in [9.17, 15) is 14.4 Å². The van der Waals surface area contributed by atoms with E-state index in [0.29, 0.717) is 18.7 Å². The summed E-state index contributed by atoms with van der Waals surface area (Å²) in [7, 11) is 0. The van der Waals surface area contributed by atoms with Gasteiger partial charge in [0.15, 0.2) is 6.61 Å². The number of halogens is 1. The summed E-state index contributed by atoms with van der Waals surface area (Å²) in [4.78, 5) is 38.3. The molecule has 0 aromatic heterocycles. The Bertz CT molecular complexity index is 624. The fourth-order valence-corrected chi connectivity index (χ4v) is 2.87. The Labute approximate surface area is 156 Å². The van der Waals surface area contributed by atoms with Crippen molar-refractivity contribution in [3.05, 3.63) is 34.3 Å². The highest BCUT2D eigenvalue weighted by Crippen LogP contribution is 2.12.